The second-order valence-corrected chi connectivity index (χ2v) is 6.02. The first kappa shape index (κ1) is 17.1. The molecule has 0 unspecified atom stereocenters. The lowest BCUT2D eigenvalue weighted by atomic mass is 10.1. The molecule has 0 aliphatic heterocycles. The maximum Gasteiger partial charge on any atom is 0.321 e. The van der Waals surface area contributed by atoms with Gasteiger partial charge in [0, 0.05) is 0 Å². The molecule has 0 aromatic heterocycles. The average molecular weight is 315 g/mol. The molecule has 1 atom stereocenters. The van der Waals surface area contributed by atoms with Crippen LogP contribution in [-0.2, 0) is 30.8 Å². The second kappa shape index (κ2) is 7.19. The van der Waals surface area contributed by atoms with Crippen molar-refractivity contribution in [1.82, 2.24) is 4.72 Å². The van der Waals surface area contributed by atoms with Crippen LogP contribution in [0, 0.1) is 0 Å². The minimum Gasteiger partial charge on any atom is -0.480 e. The fraction of sp³-hybridized carbons (Fsp3) is 0.385. The molecule has 0 saturated carbocycles. The fourth-order valence-electron chi connectivity index (χ4n) is 1.55. The zero-order valence-corrected chi connectivity index (χ0v) is 12.5. The van der Waals surface area contributed by atoms with Crippen LogP contribution in [0.1, 0.15) is 19.4 Å². The summed E-state index contributed by atoms with van der Waals surface area (Å²) in [7, 11) is -3.96. The van der Waals surface area contributed by atoms with Gasteiger partial charge >= 0.3 is 11.9 Å². The van der Waals surface area contributed by atoms with E-state index >= 15 is 0 Å². The molecule has 1 rings (SSSR count). The summed E-state index contributed by atoms with van der Waals surface area (Å²) >= 11 is 0. The Morgan fingerprint density at radius 1 is 1.38 bits per heavy atom. The SMILES string of the molecule is CCOC(=O)Cc1cccc(S(=O)(=O)N[C@H](C)C(=O)O)c1. The first-order chi connectivity index (χ1) is 9.76. The van der Waals surface area contributed by atoms with Crippen LogP contribution in [0.3, 0.4) is 0 Å². The number of carboxylic acid groups (broad SMARTS) is 1. The van der Waals surface area contributed by atoms with E-state index in [9.17, 15) is 18.0 Å². The molecule has 0 aliphatic rings. The molecular formula is C13H17NO6S. The molecule has 7 nitrogen and oxygen atoms in total. The minimum absolute atomic E-state index is 0.0499. The zero-order valence-electron chi connectivity index (χ0n) is 11.7. The quantitative estimate of drug-likeness (QED) is 0.711. The molecule has 0 amide bonds. The van der Waals surface area contributed by atoms with Gasteiger partial charge in [-0.2, -0.15) is 4.72 Å². The molecule has 1 aromatic rings. The lowest BCUT2D eigenvalue weighted by molar-refractivity contribution is -0.142. The van der Waals surface area contributed by atoms with Crippen molar-refractivity contribution < 1.29 is 27.9 Å². The molecule has 0 fully saturated rings. The molecule has 0 saturated heterocycles. The van der Waals surface area contributed by atoms with Crippen molar-refractivity contribution in [2.24, 2.45) is 0 Å². The van der Waals surface area contributed by atoms with Crippen LogP contribution < -0.4 is 4.72 Å². The van der Waals surface area contributed by atoms with Crippen LogP contribution in [0.2, 0.25) is 0 Å². The Morgan fingerprint density at radius 3 is 2.62 bits per heavy atom. The van der Waals surface area contributed by atoms with E-state index in [2.05, 4.69) is 0 Å². The van der Waals surface area contributed by atoms with Gasteiger partial charge in [0.05, 0.1) is 17.9 Å². The number of carboxylic acids is 1. The molecule has 8 heteroatoms. The number of hydrogen-bond acceptors (Lipinski definition) is 5. The van der Waals surface area contributed by atoms with Crippen molar-refractivity contribution in [1.29, 1.82) is 0 Å². The number of hydrogen-bond donors (Lipinski definition) is 2. The van der Waals surface area contributed by atoms with Crippen LogP contribution in [0.4, 0.5) is 0 Å². The monoisotopic (exact) mass is 315 g/mol. The van der Waals surface area contributed by atoms with E-state index in [1.54, 1.807) is 13.0 Å². The highest BCUT2D eigenvalue weighted by Crippen LogP contribution is 2.13. The summed E-state index contributed by atoms with van der Waals surface area (Å²) in [6, 6.07) is 4.47. The van der Waals surface area contributed by atoms with Gasteiger partial charge in [-0.15, -0.1) is 0 Å². The maximum absolute atomic E-state index is 12.0. The Morgan fingerprint density at radius 2 is 2.05 bits per heavy atom. The number of ether oxygens (including phenoxy) is 1. The second-order valence-electron chi connectivity index (χ2n) is 4.31. The topological polar surface area (TPSA) is 110 Å². The first-order valence-corrected chi connectivity index (χ1v) is 7.74. The molecule has 0 aliphatic carbocycles. The van der Waals surface area contributed by atoms with Gasteiger partial charge in [-0.25, -0.2) is 8.42 Å². The number of carbonyl (C=O) groups excluding carboxylic acids is 1. The number of aliphatic carboxylic acids is 1. The van der Waals surface area contributed by atoms with Gasteiger partial charge in [-0.05, 0) is 31.5 Å². The molecular weight excluding hydrogens is 298 g/mol. The van der Waals surface area contributed by atoms with Gasteiger partial charge in [0.2, 0.25) is 10.0 Å². The summed E-state index contributed by atoms with van der Waals surface area (Å²) in [5, 5.41) is 8.74. The average Bonchev–Trinajstić information content (AvgIpc) is 2.38. The van der Waals surface area contributed by atoms with Gasteiger partial charge < -0.3 is 9.84 Å². The molecule has 0 bridgehead atoms. The Balaban J connectivity index is 2.93. The van der Waals surface area contributed by atoms with Gasteiger partial charge in [0.15, 0.2) is 0 Å². The summed E-state index contributed by atoms with van der Waals surface area (Å²) in [6.45, 7) is 3.15. The van der Waals surface area contributed by atoms with Crippen LogP contribution in [0.5, 0.6) is 0 Å². The first-order valence-electron chi connectivity index (χ1n) is 6.26. The van der Waals surface area contributed by atoms with Crippen molar-refractivity contribution >= 4 is 22.0 Å². The number of benzene rings is 1. The third kappa shape index (κ3) is 5.16. The number of esters is 1. The molecule has 21 heavy (non-hydrogen) atoms. The Labute approximate surface area is 123 Å². The fourth-order valence-corrected chi connectivity index (χ4v) is 2.82. The van der Waals surface area contributed by atoms with Crippen LogP contribution in [-0.4, -0.2) is 38.1 Å². The van der Waals surface area contributed by atoms with Gasteiger partial charge in [-0.3, -0.25) is 9.59 Å². The highest BCUT2D eigenvalue weighted by molar-refractivity contribution is 7.89. The van der Waals surface area contributed by atoms with Gasteiger partial charge in [0.1, 0.15) is 6.04 Å². The highest BCUT2D eigenvalue weighted by atomic mass is 32.2. The summed E-state index contributed by atoms with van der Waals surface area (Å²) < 4.78 is 30.9. The molecule has 1 aromatic carbocycles. The van der Waals surface area contributed by atoms with Crippen LogP contribution >= 0.6 is 0 Å². The molecule has 0 heterocycles. The van der Waals surface area contributed by atoms with Crippen LogP contribution in [0.25, 0.3) is 0 Å². The van der Waals surface area contributed by atoms with E-state index in [1.807, 2.05) is 4.72 Å². The zero-order chi connectivity index (χ0) is 16.0. The van der Waals surface area contributed by atoms with E-state index in [0.29, 0.717) is 5.56 Å². The van der Waals surface area contributed by atoms with E-state index in [0.717, 1.165) is 0 Å². The predicted molar refractivity (Wildman–Crippen MR) is 74.2 cm³/mol. The summed E-state index contributed by atoms with van der Waals surface area (Å²) in [6.07, 6.45) is -0.0499. The smallest absolute Gasteiger partial charge is 0.321 e. The number of sulfonamides is 1. The van der Waals surface area contributed by atoms with Crippen molar-refractivity contribution in [3.8, 4) is 0 Å². The number of rotatable bonds is 7. The minimum atomic E-state index is -3.96. The van der Waals surface area contributed by atoms with Crippen molar-refractivity contribution in [2.75, 3.05) is 6.61 Å². The van der Waals surface area contributed by atoms with Gasteiger partial charge in [-0.1, -0.05) is 12.1 Å². The van der Waals surface area contributed by atoms with Crippen molar-refractivity contribution in [3.63, 3.8) is 0 Å². The lowest BCUT2D eigenvalue weighted by Gasteiger charge is -2.11. The Kier molecular flexibility index (Phi) is 5.86. The standard InChI is InChI=1S/C13H17NO6S/c1-3-20-12(15)8-10-5-4-6-11(7-10)21(18,19)14-9(2)13(16)17/h4-7,9,14H,3,8H2,1-2H3,(H,16,17)/t9-/m1/s1. The largest absolute Gasteiger partial charge is 0.480 e. The molecule has 0 radical (unpaired) electrons. The third-order valence-corrected chi connectivity index (χ3v) is 4.10. The third-order valence-electron chi connectivity index (χ3n) is 2.56. The Hall–Kier alpha value is -1.93. The van der Waals surface area contributed by atoms with E-state index < -0.39 is 28.0 Å². The maximum atomic E-state index is 12.0. The number of carbonyl (C=O) groups is 2. The molecule has 0 spiro atoms. The summed E-state index contributed by atoms with van der Waals surface area (Å²) in [5.41, 5.74) is 0.472. The summed E-state index contributed by atoms with van der Waals surface area (Å²) in [5.74, 6) is -1.74. The molecule has 2 N–H and O–H groups in total. The van der Waals surface area contributed by atoms with E-state index in [4.69, 9.17) is 9.84 Å². The predicted octanol–water partition coefficient (Wildman–Crippen LogP) is 0.544. The van der Waals surface area contributed by atoms with Crippen LogP contribution in [0.15, 0.2) is 29.2 Å². The summed E-state index contributed by atoms with van der Waals surface area (Å²) in [4.78, 5) is 22.0. The molecule has 116 valence electrons. The van der Waals surface area contributed by atoms with Gasteiger partial charge in [0.25, 0.3) is 0 Å². The van der Waals surface area contributed by atoms with E-state index in [1.165, 1.54) is 25.1 Å². The van der Waals surface area contributed by atoms with Crippen molar-refractivity contribution in [2.45, 2.75) is 31.2 Å². The Bertz CT molecular complexity index is 625. The number of nitrogens with one attached hydrogen (secondary N) is 1. The van der Waals surface area contributed by atoms with E-state index in [-0.39, 0.29) is 17.9 Å². The van der Waals surface area contributed by atoms with Crippen molar-refractivity contribution in [3.05, 3.63) is 29.8 Å². The normalized spacial score (nSPS) is 12.7. The highest BCUT2D eigenvalue weighted by Gasteiger charge is 2.21. The lowest BCUT2D eigenvalue weighted by Crippen LogP contribution is -2.38.